The second-order valence-corrected chi connectivity index (χ2v) is 6.56. The maximum atomic E-state index is 13.6. The molecule has 1 rings (SSSR count). The lowest BCUT2D eigenvalue weighted by Gasteiger charge is -2.16. The zero-order valence-electron chi connectivity index (χ0n) is 11.8. The number of halogens is 2. The van der Waals surface area contributed by atoms with Crippen LogP contribution in [-0.2, 0) is 10.0 Å². The fourth-order valence-corrected chi connectivity index (χ4v) is 3.20. The van der Waals surface area contributed by atoms with Crippen molar-refractivity contribution in [2.75, 3.05) is 18.9 Å². The highest BCUT2D eigenvalue weighted by Gasteiger charge is 2.22. The lowest BCUT2D eigenvalue weighted by atomic mass is 10.0. The lowest BCUT2D eigenvalue weighted by molar-refractivity contribution is 0.251. The molecule has 4 N–H and O–H groups in total. The summed E-state index contributed by atoms with van der Waals surface area (Å²) >= 11 is 0. The number of nitrogens with one attached hydrogen (secondary N) is 1. The molecule has 0 saturated carbocycles. The first-order valence-electron chi connectivity index (χ1n) is 6.66. The SMILES string of the molecule is CCCC(CCO)CNS(=O)(=O)c1cc(N)c(F)cc1F. The molecular weight excluding hydrogens is 302 g/mol. The summed E-state index contributed by atoms with van der Waals surface area (Å²) in [4.78, 5) is -0.680. The Morgan fingerprint density at radius 3 is 2.52 bits per heavy atom. The largest absolute Gasteiger partial charge is 0.396 e. The van der Waals surface area contributed by atoms with Crippen molar-refractivity contribution in [3.63, 3.8) is 0 Å². The van der Waals surface area contributed by atoms with Gasteiger partial charge in [-0.15, -0.1) is 0 Å². The van der Waals surface area contributed by atoms with Crippen LogP contribution < -0.4 is 10.5 Å². The third kappa shape index (κ3) is 4.90. The van der Waals surface area contributed by atoms with E-state index in [1.165, 1.54) is 0 Å². The minimum absolute atomic E-state index is 0.0457. The molecule has 0 aliphatic heterocycles. The van der Waals surface area contributed by atoms with Gasteiger partial charge in [-0.05, 0) is 24.8 Å². The van der Waals surface area contributed by atoms with E-state index in [0.29, 0.717) is 12.5 Å². The van der Waals surface area contributed by atoms with Crippen LogP contribution in [0.4, 0.5) is 14.5 Å². The second-order valence-electron chi connectivity index (χ2n) is 4.82. The molecule has 0 bridgehead atoms. The van der Waals surface area contributed by atoms with Crippen molar-refractivity contribution in [2.24, 2.45) is 5.92 Å². The van der Waals surface area contributed by atoms with Crippen molar-refractivity contribution < 1.29 is 22.3 Å². The normalized spacial score (nSPS) is 13.3. The van der Waals surface area contributed by atoms with Gasteiger partial charge in [-0.3, -0.25) is 0 Å². The summed E-state index contributed by atoms with van der Waals surface area (Å²) in [6.07, 6.45) is 2.02. The summed E-state index contributed by atoms with van der Waals surface area (Å²) in [5.41, 5.74) is 4.84. The Morgan fingerprint density at radius 1 is 1.29 bits per heavy atom. The Morgan fingerprint density at radius 2 is 1.95 bits per heavy atom. The van der Waals surface area contributed by atoms with Gasteiger partial charge in [-0.25, -0.2) is 21.9 Å². The maximum Gasteiger partial charge on any atom is 0.243 e. The number of nitrogen functional groups attached to an aromatic ring is 1. The Labute approximate surface area is 123 Å². The highest BCUT2D eigenvalue weighted by atomic mass is 32.2. The van der Waals surface area contributed by atoms with Crippen LogP contribution in [0.5, 0.6) is 0 Å². The number of rotatable bonds is 8. The first kappa shape index (κ1) is 17.8. The molecule has 0 aliphatic carbocycles. The van der Waals surface area contributed by atoms with Gasteiger partial charge in [0.1, 0.15) is 16.5 Å². The maximum absolute atomic E-state index is 13.6. The van der Waals surface area contributed by atoms with E-state index in [1.807, 2.05) is 6.92 Å². The van der Waals surface area contributed by atoms with E-state index in [-0.39, 0.29) is 19.1 Å². The molecule has 1 aromatic rings. The minimum Gasteiger partial charge on any atom is -0.396 e. The van der Waals surface area contributed by atoms with Gasteiger partial charge < -0.3 is 10.8 Å². The Bertz CT molecular complexity index is 573. The number of aliphatic hydroxyl groups excluding tert-OH is 1. The molecule has 0 aromatic heterocycles. The Kier molecular flexibility index (Phi) is 6.50. The van der Waals surface area contributed by atoms with E-state index in [1.54, 1.807) is 0 Å². The van der Waals surface area contributed by atoms with Crippen molar-refractivity contribution in [2.45, 2.75) is 31.1 Å². The van der Waals surface area contributed by atoms with E-state index >= 15 is 0 Å². The molecule has 1 unspecified atom stereocenters. The smallest absolute Gasteiger partial charge is 0.243 e. The van der Waals surface area contributed by atoms with Gasteiger partial charge in [-0.2, -0.15) is 0 Å². The standard InChI is InChI=1S/C13H20F2N2O3S/c1-2-3-9(4-5-18)8-17-21(19,20)13-7-12(16)10(14)6-11(13)15/h6-7,9,17-18H,2-5,8,16H2,1H3. The topological polar surface area (TPSA) is 92.4 Å². The van der Waals surface area contributed by atoms with Gasteiger partial charge in [0.05, 0.1) is 5.69 Å². The van der Waals surface area contributed by atoms with Gasteiger partial charge in [0.25, 0.3) is 0 Å². The first-order chi connectivity index (χ1) is 9.81. The predicted octanol–water partition coefficient (Wildman–Crippen LogP) is 1.62. The number of nitrogens with two attached hydrogens (primary N) is 1. The van der Waals surface area contributed by atoms with E-state index < -0.39 is 32.2 Å². The fraction of sp³-hybridized carbons (Fsp3) is 0.538. The second kappa shape index (κ2) is 7.67. The van der Waals surface area contributed by atoms with Crippen molar-refractivity contribution >= 4 is 15.7 Å². The summed E-state index contributed by atoms with van der Waals surface area (Å²) in [7, 11) is -4.12. The van der Waals surface area contributed by atoms with Crippen LogP contribution in [0, 0.1) is 17.6 Å². The van der Waals surface area contributed by atoms with Gasteiger partial charge in [0.2, 0.25) is 10.0 Å². The van der Waals surface area contributed by atoms with E-state index in [9.17, 15) is 17.2 Å². The quantitative estimate of drug-likeness (QED) is 0.634. The molecule has 8 heteroatoms. The predicted molar refractivity (Wildman–Crippen MR) is 76.1 cm³/mol. The van der Waals surface area contributed by atoms with E-state index in [0.717, 1.165) is 18.9 Å². The third-order valence-electron chi connectivity index (χ3n) is 3.14. The number of anilines is 1. The third-order valence-corrected chi connectivity index (χ3v) is 4.58. The average Bonchev–Trinajstić information content (AvgIpc) is 2.40. The zero-order valence-corrected chi connectivity index (χ0v) is 12.6. The number of hydrogen-bond acceptors (Lipinski definition) is 4. The van der Waals surface area contributed by atoms with Crippen LogP contribution in [0.1, 0.15) is 26.2 Å². The number of aliphatic hydroxyl groups is 1. The molecule has 0 amide bonds. The monoisotopic (exact) mass is 322 g/mol. The summed E-state index contributed by atoms with van der Waals surface area (Å²) in [6.45, 7) is 1.97. The Hall–Kier alpha value is -1.25. The zero-order chi connectivity index (χ0) is 16.0. The van der Waals surface area contributed by atoms with Gasteiger partial charge in [0.15, 0.2) is 0 Å². The lowest BCUT2D eigenvalue weighted by Crippen LogP contribution is -2.30. The molecular formula is C13H20F2N2O3S. The summed E-state index contributed by atoms with van der Waals surface area (Å²) in [5, 5.41) is 8.93. The Balaban J connectivity index is 2.89. The minimum atomic E-state index is -4.12. The van der Waals surface area contributed by atoms with Crippen LogP contribution >= 0.6 is 0 Å². The number of sulfonamides is 1. The molecule has 21 heavy (non-hydrogen) atoms. The molecule has 0 saturated heterocycles. The highest BCUT2D eigenvalue weighted by molar-refractivity contribution is 7.89. The molecule has 0 spiro atoms. The highest BCUT2D eigenvalue weighted by Crippen LogP contribution is 2.21. The summed E-state index contributed by atoms with van der Waals surface area (Å²) in [6, 6.07) is 1.20. The summed E-state index contributed by atoms with van der Waals surface area (Å²) in [5.74, 6) is -2.24. The fourth-order valence-electron chi connectivity index (χ4n) is 2.00. The molecule has 1 aromatic carbocycles. The van der Waals surface area contributed by atoms with E-state index in [4.69, 9.17) is 10.8 Å². The van der Waals surface area contributed by atoms with Crippen molar-refractivity contribution in [3.05, 3.63) is 23.8 Å². The van der Waals surface area contributed by atoms with Crippen LogP contribution in [-0.4, -0.2) is 26.7 Å². The average molecular weight is 322 g/mol. The van der Waals surface area contributed by atoms with E-state index in [2.05, 4.69) is 4.72 Å². The molecule has 5 nitrogen and oxygen atoms in total. The first-order valence-corrected chi connectivity index (χ1v) is 8.15. The van der Waals surface area contributed by atoms with Crippen molar-refractivity contribution in [1.82, 2.24) is 4.72 Å². The number of benzene rings is 1. The van der Waals surface area contributed by atoms with Crippen LogP contribution in [0.25, 0.3) is 0 Å². The molecule has 0 aliphatic rings. The van der Waals surface area contributed by atoms with Crippen LogP contribution in [0.15, 0.2) is 17.0 Å². The van der Waals surface area contributed by atoms with Crippen molar-refractivity contribution in [1.29, 1.82) is 0 Å². The molecule has 1 atom stereocenters. The van der Waals surface area contributed by atoms with Crippen LogP contribution in [0.3, 0.4) is 0 Å². The van der Waals surface area contributed by atoms with Crippen molar-refractivity contribution in [3.8, 4) is 0 Å². The molecule has 0 radical (unpaired) electrons. The number of hydrogen-bond donors (Lipinski definition) is 3. The van der Waals surface area contributed by atoms with Crippen LogP contribution in [0.2, 0.25) is 0 Å². The molecule has 0 fully saturated rings. The molecule has 0 heterocycles. The van der Waals surface area contributed by atoms with Gasteiger partial charge in [-0.1, -0.05) is 13.3 Å². The molecule has 120 valence electrons. The summed E-state index contributed by atoms with van der Waals surface area (Å²) < 4.78 is 53.0. The van der Waals surface area contributed by atoms with Gasteiger partial charge >= 0.3 is 0 Å². The van der Waals surface area contributed by atoms with Gasteiger partial charge in [0, 0.05) is 19.2 Å².